The third-order valence-corrected chi connectivity index (χ3v) is 2.78. The average molecular weight is 280 g/mol. The number of alkyl halides is 3. The molecule has 98 valence electrons. The van der Waals surface area contributed by atoms with Crippen LogP contribution >= 0.6 is 11.6 Å². The van der Waals surface area contributed by atoms with Crippen LogP contribution in [-0.4, -0.2) is 25.7 Å². The van der Waals surface area contributed by atoms with Crippen LogP contribution in [0.25, 0.3) is 0 Å². The van der Waals surface area contributed by atoms with Gasteiger partial charge in [-0.15, -0.1) is 0 Å². The normalized spacial score (nSPS) is 17.1. The molecular formula is C11H9ClF3NO2. The van der Waals surface area contributed by atoms with Crippen LogP contribution in [0.15, 0.2) is 18.2 Å². The SMILES string of the molecule is O=C1COCCN1c1ccc(Cl)cc1C(F)(F)F. The minimum absolute atomic E-state index is 0.0215. The Hall–Kier alpha value is -1.27. The molecule has 1 aliphatic heterocycles. The van der Waals surface area contributed by atoms with E-state index in [1.54, 1.807) is 0 Å². The molecule has 1 heterocycles. The molecule has 0 spiro atoms. The fourth-order valence-corrected chi connectivity index (χ4v) is 1.92. The highest BCUT2D eigenvalue weighted by molar-refractivity contribution is 6.30. The largest absolute Gasteiger partial charge is 0.418 e. The van der Waals surface area contributed by atoms with Crippen LogP contribution in [0.5, 0.6) is 0 Å². The molecule has 0 N–H and O–H groups in total. The van der Waals surface area contributed by atoms with E-state index in [4.69, 9.17) is 16.3 Å². The number of hydrogen-bond donors (Lipinski definition) is 0. The topological polar surface area (TPSA) is 29.5 Å². The van der Waals surface area contributed by atoms with E-state index in [1.165, 1.54) is 12.1 Å². The predicted molar refractivity (Wildman–Crippen MR) is 59.6 cm³/mol. The number of carbonyl (C=O) groups is 1. The van der Waals surface area contributed by atoms with Gasteiger partial charge in [-0.3, -0.25) is 4.79 Å². The number of benzene rings is 1. The quantitative estimate of drug-likeness (QED) is 0.791. The fourth-order valence-electron chi connectivity index (χ4n) is 1.74. The molecule has 0 bridgehead atoms. The van der Waals surface area contributed by atoms with Crippen molar-refractivity contribution in [2.45, 2.75) is 6.18 Å². The van der Waals surface area contributed by atoms with Crippen molar-refractivity contribution < 1.29 is 22.7 Å². The Balaban J connectivity index is 2.46. The zero-order valence-corrected chi connectivity index (χ0v) is 9.88. The van der Waals surface area contributed by atoms with Gasteiger partial charge in [-0.25, -0.2) is 0 Å². The number of nitrogens with zero attached hydrogens (tertiary/aromatic N) is 1. The molecule has 1 fully saturated rings. The van der Waals surface area contributed by atoms with Crippen molar-refractivity contribution in [2.75, 3.05) is 24.7 Å². The zero-order chi connectivity index (χ0) is 13.3. The summed E-state index contributed by atoms with van der Waals surface area (Å²) in [6, 6.07) is 3.35. The number of ether oxygens (including phenoxy) is 1. The van der Waals surface area contributed by atoms with Crippen molar-refractivity contribution in [2.24, 2.45) is 0 Å². The maximum absolute atomic E-state index is 12.9. The summed E-state index contributed by atoms with van der Waals surface area (Å²) in [6.07, 6.45) is -4.56. The zero-order valence-electron chi connectivity index (χ0n) is 9.13. The monoisotopic (exact) mass is 279 g/mol. The molecular weight excluding hydrogens is 271 g/mol. The number of halogens is 4. The highest BCUT2D eigenvalue weighted by atomic mass is 35.5. The van der Waals surface area contributed by atoms with Gasteiger partial charge >= 0.3 is 6.18 Å². The third kappa shape index (κ3) is 2.59. The van der Waals surface area contributed by atoms with Gasteiger partial charge in [0.25, 0.3) is 5.91 Å². The predicted octanol–water partition coefficient (Wildman–Crippen LogP) is 2.72. The molecule has 2 rings (SSSR count). The lowest BCUT2D eigenvalue weighted by molar-refractivity contribution is -0.137. The third-order valence-electron chi connectivity index (χ3n) is 2.54. The lowest BCUT2D eigenvalue weighted by atomic mass is 10.1. The molecule has 1 aromatic carbocycles. The van der Waals surface area contributed by atoms with Crippen molar-refractivity contribution in [3.05, 3.63) is 28.8 Å². The maximum atomic E-state index is 12.9. The Morgan fingerprint density at radius 1 is 1.33 bits per heavy atom. The Labute approximate surface area is 106 Å². The fraction of sp³-hybridized carbons (Fsp3) is 0.364. The van der Waals surface area contributed by atoms with Gasteiger partial charge in [-0.1, -0.05) is 11.6 Å². The molecule has 0 radical (unpaired) electrons. The van der Waals surface area contributed by atoms with Gasteiger partial charge < -0.3 is 9.64 Å². The Morgan fingerprint density at radius 2 is 2.06 bits per heavy atom. The summed E-state index contributed by atoms with van der Waals surface area (Å²) in [4.78, 5) is 12.6. The Kier molecular flexibility index (Phi) is 3.49. The number of carbonyl (C=O) groups excluding carboxylic acids is 1. The molecule has 1 amide bonds. The van der Waals surface area contributed by atoms with E-state index in [1.807, 2.05) is 0 Å². The second kappa shape index (κ2) is 4.78. The van der Waals surface area contributed by atoms with Crippen LogP contribution in [0.2, 0.25) is 5.02 Å². The molecule has 0 atom stereocenters. The lowest BCUT2D eigenvalue weighted by Crippen LogP contribution is -2.42. The van der Waals surface area contributed by atoms with Crippen molar-refractivity contribution >= 4 is 23.2 Å². The van der Waals surface area contributed by atoms with Crippen molar-refractivity contribution in [1.82, 2.24) is 0 Å². The van der Waals surface area contributed by atoms with Crippen LogP contribution < -0.4 is 4.90 Å². The maximum Gasteiger partial charge on any atom is 0.418 e. The first-order valence-electron chi connectivity index (χ1n) is 5.14. The van der Waals surface area contributed by atoms with Gasteiger partial charge in [0.15, 0.2) is 0 Å². The molecule has 0 saturated carbocycles. The molecule has 1 saturated heterocycles. The van der Waals surface area contributed by atoms with Crippen molar-refractivity contribution in [3.63, 3.8) is 0 Å². The smallest absolute Gasteiger partial charge is 0.370 e. The van der Waals surface area contributed by atoms with Crippen molar-refractivity contribution in [3.8, 4) is 0 Å². The molecule has 18 heavy (non-hydrogen) atoms. The van der Waals surface area contributed by atoms with Crippen LogP contribution in [0.3, 0.4) is 0 Å². The van der Waals surface area contributed by atoms with Crippen molar-refractivity contribution in [1.29, 1.82) is 0 Å². The summed E-state index contributed by atoms with van der Waals surface area (Å²) in [5.74, 6) is -0.492. The number of morpholine rings is 1. The standard InChI is InChI=1S/C11H9ClF3NO2/c12-7-1-2-9(8(5-7)11(13,14)15)16-3-4-18-6-10(16)17/h1-2,5H,3-4,6H2. The van der Waals surface area contributed by atoms with E-state index in [0.717, 1.165) is 11.0 Å². The number of hydrogen-bond acceptors (Lipinski definition) is 2. The van der Waals surface area contributed by atoms with Gasteiger partial charge in [0.2, 0.25) is 0 Å². The van der Waals surface area contributed by atoms with E-state index in [9.17, 15) is 18.0 Å². The molecule has 0 unspecified atom stereocenters. The van der Waals surface area contributed by atoms with E-state index >= 15 is 0 Å². The van der Waals surface area contributed by atoms with E-state index in [2.05, 4.69) is 0 Å². The summed E-state index contributed by atoms with van der Waals surface area (Å²) < 4.78 is 43.5. The Bertz CT molecular complexity index is 476. The van der Waals surface area contributed by atoms with E-state index in [-0.39, 0.29) is 30.5 Å². The molecule has 7 heteroatoms. The van der Waals surface area contributed by atoms with Crippen LogP contribution in [-0.2, 0) is 15.7 Å². The van der Waals surface area contributed by atoms with Crippen LogP contribution in [0.1, 0.15) is 5.56 Å². The molecule has 0 aliphatic carbocycles. The number of rotatable bonds is 1. The van der Waals surface area contributed by atoms with Gasteiger partial charge in [0.05, 0.1) is 17.9 Å². The summed E-state index contributed by atoms with van der Waals surface area (Å²) >= 11 is 5.57. The molecule has 3 nitrogen and oxygen atoms in total. The number of amides is 1. The first-order valence-corrected chi connectivity index (χ1v) is 5.52. The first kappa shape index (κ1) is 13.2. The minimum Gasteiger partial charge on any atom is -0.370 e. The lowest BCUT2D eigenvalue weighted by Gasteiger charge is -2.29. The summed E-state index contributed by atoms with van der Waals surface area (Å²) in [7, 11) is 0. The Morgan fingerprint density at radius 3 is 2.67 bits per heavy atom. The highest BCUT2D eigenvalue weighted by Gasteiger charge is 2.36. The number of anilines is 1. The van der Waals surface area contributed by atoms with Gasteiger partial charge in [-0.2, -0.15) is 13.2 Å². The molecule has 0 aromatic heterocycles. The minimum atomic E-state index is -4.56. The van der Waals surface area contributed by atoms with Gasteiger partial charge in [0, 0.05) is 11.6 Å². The summed E-state index contributed by atoms with van der Waals surface area (Å²) in [5.41, 5.74) is -1.09. The second-order valence-corrected chi connectivity index (χ2v) is 4.19. The average Bonchev–Trinajstić information content (AvgIpc) is 2.29. The highest BCUT2D eigenvalue weighted by Crippen LogP contribution is 2.38. The first-order chi connectivity index (χ1) is 8.39. The van der Waals surface area contributed by atoms with Crippen LogP contribution in [0.4, 0.5) is 18.9 Å². The molecule has 1 aromatic rings. The van der Waals surface area contributed by atoms with Gasteiger partial charge in [-0.05, 0) is 18.2 Å². The van der Waals surface area contributed by atoms with Crippen LogP contribution in [0, 0.1) is 0 Å². The second-order valence-electron chi connectivity index (χ2n) is 3.76. The molecule has 1 aliphatic rings. The summed E-state index contributed by atoms with van der Waals surface area (Å²) in [6.45, 7) is 0.106. The summed E-state index contributed by atoms with van der Waals surface area (Å²) in [5, 5.41) is -0.0215. The van der Waals surface area contributed by atoms with Gasteiger partial charge in [0.1, 0.15) is 6.61 Å². The van der Waals surface area contributed by atoms with E-state index in [0.29, 0.717) is 0 Å². The van der Waals surface area contributed by atoms with E-state index < -0.39 is 17.6 Å².